The molecule has 1 N–H and O–H groups in total. The molecule has 2 aliphatic rings. The molecule has 1 heterocycles. The van der Waals surface area contributed by atoms with Crippen LogP contribution in [0, 0.1) is 5.92 Å². The van der Waals surface area contributed by atoms with Crippen LogP contribution in [0.25, 0.3) is 0 Å². The zero-order chi connectivity index (χ0) is 16.1. The van der Waals surface area contributed by atoms with Crippen LogP contribution in [0.5, 0.6) is 5.75 Å². The highest BCUT2D eigenvalue weighted by Gasteiger charge is 2.30. The monoisotopic (exact) mass is 316 g/mol. The summed E-state index contributed by atoms with van der Waals surface area (Å²) in [6.45, 7) is 8.76. The van der Waals surface area contributed by atoms with Crippen molar-refractivity contribution < 1.29 is 4.74 Å². The van der Waals surface area contributed by atoms with Crippen LogP contribution in [-0.2, 0) is 0 Å². The first kappa shape index (κ1) is 16.8. The molecule has 3 nitrogen and oxygen atoms in total. The van der Waals surface area contributed by atoms with E-state index in [0.717, 1.165) is 24.8 Å². The Hall–Kier alpha value is -1.06. The van der Waals surface area contributed by atoms with Crippen LogP contribution in [0.1, 0.15) is 57.6 Å². The Kier molecular flexibility index (Phi) is 5.96. The van der Waals surface area contributed by atoms with E-state index in [1.165, 1.54) is 50.8 Å². The molecule has 128 valence electrons. The fraction of sp³-hybridized carbons (Fsp3) is 0.700. The predicted octanol–water partition coefficient (Wildman–Crippen LogP) is 4.00. The quantitative estimate of drug-likeness (QED) is 0.888. The van der Waals surface area contributed by atoms with Gasteiger partial charge in [0.25, 0.3) is 0 Å². The average Bonchev–Trinajstić information content (AvgIpc) is 2.58. The second-order valence-corrected chi connectivity index (χ2v) is 7.36. The molecule has 0 aromatic heterocycles. The van der Waals surface area contributed by atoms with E-state index >= 15 is 0 Å². The van der Waals surface area contributed by atoms with Crippen molar-refractivity contribution in [3.8, 4) is 5.75 Å². The van der Waals surface area contributed by atoms with Gasteiger partial charge in [-0.05, 0) is 50.3 Å². The summed E-state index contributed by atoms with van der Waals surface area (Å²) in [4.78, 5) is 2.71. The third kappa shape index (κ3) is 4.48. The maximum atomic E-state index is 5.82. The molecule has 23 heavy (non-hydrogen) atoms. The Bertz CT molecular complexity index is 441. The van der Waals surface area contributed by atoms with Gasteiger partial charge in [-0.3, -0.25) is 4.90 Å². The molecule has 1 atom stereocenters. The van der Waals surface area contributed by atoms with Gasteiger partial charge in [-0.25, -0.2) is 0 Å². The Morgan fingerprint density at radius 3 is 2.26 bits per heavy atom. The molecule has 1 saturated carbocycles. The lowest BCUT2D eigenvalue weighted by atomic mass is 9.80. The summed E-state index contributed by atoms with van der Waals surface area (Å²) in [5, 5.41) is 3.49. The average molecular weight is 316 g/mol. The highest BCUT2D eigenvalue weighted by atomic mass is 16.5. The van der Waals surface area contributed by atoms with E-state index in [-0.39, 0.29) is 6.10 Å². The lowest BCUT2D eigenvalue weighted by Crippen LogP contribution is -2.47. The zero-order valence-electron chi connectivity index (χ0n) is 14.8. The molecular weight excluding hydrogens is 284 g/mol. The number of ether oxygens (including phenoxy) is 1. The predicted molar refractivity (Wildman–Crippen MR) is 96.0 cm³/mol. The van der Waals surface area contributed by atoms with Crippen LogP contribution in [0.4, 0.5) is 0 Å². The lowest BCUT2D eigenvalue weighted by Gasteiger charge is -2.41. The number of piperazine rings is 1. The fourth-order valence-corrected chi connectivity index (χ4v) is 4.21. The number of benzene rings is 1. The van der Waals surface area contributed by atoms with Crippen LogP contribution in [0.3, 0.4) is 0 Å². The number of hydrogen-bond donors (Lipinski definition) is 1. The van der Waals surface area contributed by atoms with E-state index in [1.807, 2.05) is 0 Å². The summed E-state index contributed by atoms with van der Waals surface area (Å²) < 4.78 is 5.82. The third-order valence-corrected chi connectivity index (χ3v) is 5.23. The van der Waals surface area contributed by atoms with E-state index in [0.29, 0.717) is 6.04 Å². The Morgan fingerprint density at radius 1 is 1.00 bits per heavy atom. The topological polar surface area (TPSA) is 24.5 Å². The lowest BCUT2D eigenvalue weighted by molar-refractivity contribution is 0.103. The van der Waals surface area contributed by atoms with Gasteiger partial charge in [0.05, 0.1) is 6.10 Å². The van der Waals surface area contributed by atoms with Crippen molar-refractivity contribution in [2.75, 3.05) is 26.2 Å². The van der Waals surface area contributed by atoms with Gasteiger partial charge in [0.1, 0.15) is 5.75 Å². The molecule has 0 bridgehead atoms. The summed E-state index contributed by atoms with van der Waals surface area (Å²) in [6.07, 6.45) is 7.25. The van der Waals surface area contributed by atoms with Gasteiger partial charge in [0, 0.05) is 32.2 Å². The van der Waals surface area contributed by atoms with Crippen LogP contribution >= 0.6 is 0 Å². The number of hydrogen-bond acceptors (Lipinski definition) is 3. The van der Waals surface area contributed by atoms with Gasteiger partial charge in [-0.1, -0.05) is 31.4 Å². The van der Waals surface area contributed by atoms with Crippen LogP contribution in [0.2, 0.25) is 0 Å². The largest absolute Gasteiger partial charge is 0.491 e. The second kappa shape index (κ2) is 8.16. The molecule has 3 rings (SSSR count). The normalized spacial score (nSPS) is 22.2. The third-order valence-electron chi connectivity index (χ3n) is 5.23. The van der Waals surface area contributed by atoms with Gasteiger partial charge in [-0.15, -0.1) is 0 Å². The van der Waals surface area contributed by atoms with Crippen molar-refractivity contribution in [3.63, 3.8) is 0 Å². The highest BCUT2D eigenvalue weighted by Crippen LogP contribution is 2.39. The molecule has 3 heteroatoms. The van der Waals surface area contributed by atoms with Gasteiger partial charge >= 0.3 is 0 Å². The van der Waals surface area contributed by atoms with Crippen molar-refractivity contribution in [1.82, 2.24) is 10.2 Å². The first-order chi connectivity index (χ1) is 11.2. The molecule has 0 spiro atoms. The van der Waals surface area contributed by atoms with Crippen LogP contribution in [0.15, 0.2) is 24.3 Å². The Balaban J connectivity index is 1.78. The zero-order valence-corrected chi connectivity index (χ0v) is 14.8. The molecule has 0 amide bonds. The van der Waals surface area contributed by atoms with E-state index < -0.39 is 0 Å². The number of nitrogens with zero attached hydrogens (tertiary/aromatic N) is 1. The fourth-order valence-electron chi connectivity index (χ4n) is 4.21. The SMILES string of the molecule is CC(C)Oc1ccc([C@@H](C2CCCCC2)N2CCNCC2)cc1. The molecule has 1 aromatic carbocycles. The van der Waals surface area contributed by atoms with Gasteiger partial charge in [0.15, 0.2) is 0 Å². The highest BCUT2D eigenvalue weighted by molar-refractivity contribution is 5.30. The first-order valence-electron chi connectivity index (χ1n) is 9.45. The number of rotatable bonds is 5. The molecule has 1 aliphatic carbocycles. The van der Waals surface area contributed by atoms with E-state index in [1.54, 1.807) is 0 Å². The van der Waals surface area contributed by atoms with E-state index in [4.69, 9.17) is 4.74 Å². The molecule has 1 aromatic rings. The molecule has 0 unspecified atom stereocenters. The van der Waals surface area contributed by atoms with Gasteiger partial charge in [-0.2, -0.15) is 0 Å². The molecular formula is C20H32N2O. The summed E-state index contributed by atoms with van der Waals surface area (Å²) in [7, 11) is 0. The van der Waals surface area contributed by atoms with Gasteiger partial charge < -0.3 is 10.1 Å². The Morgan fingerprint density at radius 2 is 1.65 bits per heavy atom. The van der Waals surface area contributed by atoms with Crippen molar-refractivity contribution in [3.05, 3.63) is 29.8 Å². The van der Waals surface area contributed by atoms with Crippen molar-refractivity contribution in [1.29, 1.82) is 0 Å². The standard InChI is InChI=1S/C20H32N2O/c1-16(2)23-19-10-8-18(9-11-19)20(17-6-4-3-5-7-17)22-14-12-21-13-15-22/h8-11,16-17,20-21H,3-7,12-15H2,1-2H3/t20-/m1/s1. The smallest absolute Gasteiger partial charge is 0.119 e. The van der Waals surface area contributed by atoms with Crippen molar-refractivity contribution >= 4 is 0 Å². The van der Waals surface area contributed by atoms with Gasteiger partial charge in [0.2, 0.25) is 0 Å². The van der Waals surface area contributed by atoms with Crippen LogP contribution < -0.4 is 10.1 Å². The minimum absolute atomic E-state index is 0.239. The molecule has 1 saturated heterocycles. The maximum absolute atomic E-state index is 5.82. The van der Waals surface area contributed by atoms with E-state index in [9.17, 15) is 0 Å². The maximum Gasteiger partial charge on any atom is 0.119 e. The number of nitrogens with one attached hydrogen (secondary N) is 1. The van der Waals surface area contributed by atoms with Crippen LogP contribution in [-0.4, -0.2) is 37.2 Å². The van der Waals surface area contributed by atoms with E-state index in [2.05, 4.69) is 48.3 Å². The summed E-state index contributed by atoms with van der Waals surface area (Å²) in [5.41, 5.74) is 1.48. The molecule has 2 fully saturated rings. The minimum Gasteiger partial charge on any atom is -0.491 e. The summed E-state index contributed by atoms with van der Waals surface area (Å²) in [6, 6.07) is 9.52. The van der Waals surface area contributed by atoms with Crippen molar-refractivity contribution in [2.45, 2.75) is 58.1 Å². The first-order valence-corrected chi connectivity index (χ1v) is 9.45. The van der Waals surface area contributed by atoms with Crippen molar-refractivity contribution in [2.24, 2.45) is 5.92 Å². The minimum atomic E-state index is 0.239. The summed E-state index contributed by atoms with van der Waals surface area (Å²) >= 11 is 0. The summed E-state index contributed by atoms with van der Waals surface area (Å²) in [5.74, 6) is 1.81. The Labute approximate surface area is 141 Å². The second-order valence-electron chi connectivity index (χ2n) is 7.36. The molecule has 0 radical (unpaired) electrons. The molecule has 1 aliphatic heterocycles.